The highest BCUT2D eigenvalue weighted by Crippen LogP contribution is 2.14. The van der Waals surface area contributed by atoms with Crippen LogP contribution >= 0.6 is 0 Å². The Morgan fingerprint density at radius 3 is 2.41 bits per heavy atom. The van der Waals surface area contributed by atoms with Gasteiger partial charge in [0, 0.05) is 13.1 Å². The Balaban J connectivity index is 2.77. The van der Waals surface area contributed by atoms with E-state index in [1.165, 1.54) is 6.08 Å². The van der Waals surface area contributed by atoms with Crippen LogP contribution in [0, 0.1) is 19.3 Å². The Labute approximate surface area is 101 Å². The number of hydrogen-bond acceptors (Lipinski definition) is 2. The molecule has 0 spiro atoms. The van der Waals surface area contributed by atoms with Crippen LogP contribution in [0.15, 0.2) is 24.3 Å². The largest absolute Gasteiger partial charge is 0.359 e. The number of guanidine groups is 1. The number of amides is 1. The van der Waals surface area contributed by atoms with Crippen LogP contribution in [-0.2, 0) is 4.79 Å². The smallest absolute Gasteiger partial charge is 0.250 e. The van der Waals surface area contributed by atoms with Crippen LogP contribution in [0.1, 0.15) is 16.7 Å². The zero-order valence-electron chi connectivity index (χ0n) is 10.3. The molecule has 3 N–H and O–H groups in total. The quantitative estimate of drug-likeness (QED) is 0.411. The van der Waals surface area contributed by atoms with Gasteiger partial charge in [0.05, 0.1) is 0 Å². The molecule has 0 saturated heterocycles. The van der Waals surface area contributed by atoms with E-state index in [0.29, 0.717) is 0 Å². The number of carbonyl (C=O) groups excluding carboxylic acids is 1. The van der Waals surface area contributed by atoms with E-state index in [1.807, 2.05) is 32.0 Å². The molecule has 1 aromatic carbocycles. The molecule has 0 fully saturated rings. The Kier molecular flexibility index (Phi) is 4.46. The van der Waals surface area contributed by atoms with Gasteiger partial charge in [-0.3, -0.25) is 15.5 Å². The van der Waals surface area contributed by atoms with Gasteiger partial charge in [-0.25, -0.2) is 0 Å². The predicted molar refractivity (Wildman–Crippen MR) is 69.9 cm³/mol. The summed E-state index contributed by atoms with van der Waals surface area (Å²) in [5, 5.41) is 12.2. The Hall–Kier alpha value is -2.10. The Morgan fingerprint density at radius 1 is 1.29 bits per heavy atom. The molecule has 1 aromatic rings. The van der Waals surface area contributed by atoms with E-state index in [2.05, 4.69) is 10.6 Å². The van der Waals surface area contributed by atoms with Gasteiger partial charge in [-0.2, -0.15) is 0 Å². The van der Waals surface area contributed by atoms with Gasteiger partial charge in [0.25, 0.3) is 5.91 Å². The molecule has 0 bridgehead atoms. The molecule has 4 heteroatoms. The minimum atomic E-state index is -0.313. The van der Waals surface area contributed by atoms with Crippen molar-refractivity contribution in [2.24, 2.45) is 0 Å². The normalized spacial score (nSPS) is 10.3. The zero-order chi connectivity index (χ0) is 12.8. The number of nitrogens with one attached hydrogen (secondary N) is 3. The standard InChI is InChI=1S/C13H17N3O/c1-9-5-4-6-10(2)11(9)7-8-12(17)16-13(14)15-3/h4-8H,1-3H3,(H3,14,15,16,17). The van der Waals surface area contributed by atoms with Gasteiger partial charge in [0.1, 0.15) is 0 Å². The lowest BCUT2D eigenvalue weighted by molar-refractivity contribution is -0.115. The molecule has 0 aliphatic heterocycles. The van der Waals surface area contributed by atoms with Gasteiger partial charge in [-0.1, -0.05) is 18.2 Å². The summed E-state index contributed by atoms with van der Waals surface area (Å²) in [6, 6.07) is 5.99. The van der Waals surface area contributed by atoms with Crippen LogP contribution in [0.3, 0.4) is 0 Å². The third kappa shape index (κ3) is 3.75. The van der Waals surface area contributed by atoms with Crippen molar-refractivity contribution in [3.05, 3.63) is 41.0 Å². The molecule has 0 heterocycles. The van der Waals surface area contributed by atoms with Crippen molar-refractivity contribution in [2.75, 3.05) is 7.05 Å². The fourth-order valence-corrected chi connectivity index (χ4v) is 1.48. The molecule has 4 nitrogen and oxygen atoms in total. The second-order valence-corrected chi connectivity index (χ2v) is 3.75. The van der Waals surface area contributed by atoms with E-state index >= 15 is 0 Å². The topological polar surface area (TPSA) is 65.0 Å². The first-order valence-corrected chi connectivity index (χ1v) is 5.36. The summed E-state index contributed by atoms with van der Waals surface area (Å²) < 4.78 is 0. The van der Waals surface area contributed by atoms with Crippen molar-refractivity contribution in [1.82, 2.24) is 10.6 Å². The highest BCUT2D eigenvalue weighted by molar-refractivity contribution is 6.03. The van der Waals surface area contributed by atoms with E-state index in [-0.39, 0.29) is 11.9 Å². The third-order valence-corrected chi connectivity index (χ3v) is 2.44. The second kappa shape index (κ2) is 5.84. The minimum Gasteiger partial charge on any atom is -0.359 e. The molecular weight excluding hydrogens is 214 g/mol. The minimum absolute atomic E-state index is 0.0128. The van der Waals surface area contributed by atoms with Crippen molar-refractivity contribution in [1.29, 1.82) is 5.41 Å². The fraction of sp³-hybridized carbons (Fsp3) is 0.231. The molecule has 17 heavy (non-hydrogen) atoms. The van der Waals surface area contributed by atoms with Crippen LogP contribution in [-0.4, -0.2) is 18.9 Å². The molecule has 1 rings (SSSR count). The lowest BCUT2D eigenvalue weighted by Crippen LogP contribution is -2.37. The first-order valence-electron chi connectivity index (χ1n) is 5.36. The first-order chi connectivity index (χ1) is 8.04. The number of hydrogen-bond donors (Lipinski definition) is 3. The van der Waals surface area contributed by atoms with Gasteiger partial charge in [0.15, 0.2) is 5.96 Å². The number of carbonyl (C=O) groups is 1. The lowest BCUT2D eigenvalue weighted by atomic mass is 10.0. The maximum Gasteiger partial charge on any atom is 0.250 e. The van der Waals surface area contributed by atoms with E-state index in [1.54, 1.807) is 13.1 Å². The fourth-order valence-electron chi connectivity index (χ4n) is 1.48. The molecule has 0 unspecified atom stereocenters. The summed E-state index contributed by atoms with van der Waals surface area (Å²) in [5.74, 6) is -0.326. The molecule has 0 atom stereocenters. The summed E-state index contributed by atoms with van der Waals surface area (Å²) in [5.41, 5.74) is 3.29. The van der Waals surface area contributed by atoms with E-state index in [4.69, 9.17) is 5.41 Å². The van der Waals surface area contributed by atoms with Gasteiger partial charge in [-0.15, -0.1) is 0 Å². The zero-order valence-corrected chi connectivity index (χ0v) is 10.3. The Bertz CT molecular complexity index is 443. The predicted octanol–water partition coefficient (Wildman–Crippen LogP) is 1.59. The van der Waals surface area contributed by atoms with Crippen LogP contribution in [0.5, 0.6) is 0 Å². The molecular formula is C13H17N3O. The molecule has 1 amide bonds. The molecule has 90 valence electrons. The second-order valence-electron chi connectivity index (χ2n) is 3.75. The lowest BCUT2D eigenvalue weighted by Gasteiger charge is -2.05. The van der Waals surface area contributed by atoms with E-state index in [9.17, 15) is 4.79 Å². The van der Waals surface area contributed by atoms with Crippen LogP contribution in [0.2, 0.25) is 0 Å². The van der Waals surface area contributed by atoms with Crippen LogP contribution < -0.4 is 10.6 Å². The van der Waals surface area contributed by atoms with Crippen LogP contribution in [0.4, 0.5) is 0 Å². The van der Waals surface area contributed by atoms with E-state index < -0.39 is 0 Å². The van der Waals surface area contributed by atoms with E-state index in [0.717, 1.165) is 16.7 Å². The van der Waals surface area contributed by atoms with Crippen molar-refractivity contribution in [3.8, 4) is 0 Å². The average molecular weight is 231 g/mol. The van der Waals surface area contributed by atoms with Crippen LogP contribution in [0.25, 0.3) is 6.08 Å². The van der Waals surface area contributed by atoms with Crippen molar-refractivity contribution in [2.45, 2.75) is 13.8 Å². The van der Waals surface area contributed by atoms with Gasteiger partial charge >= 0.3 is 0 Å². The highest BCUT2D eigenvalue weighted by Gasteiger charge is 2.00. The summed E-state index contributed by atoms with van der Waals surface area (Å²) in [4.78, 5) is 11.4. The SMILES string of the molecule is CNC(=N)NC(=O)C=Cc1c(C)cccc1C. The average Bonchev–Trinajstić information content (AvgIpc) is 2.28. The molecule has 0 radical (unpaired) electrons. The number of benzene rings is 1. The highest BCUT2D eigenvalue weighted by atomic mass is 16.1. The van der Waals surface area contributed by atoms with Crippen molar-refractivity contribution >= 4 is 17.9 Å². The van der Waals surface area contributed by atoms with Gasteiger partial charge < -0.3 is 5.32 Å². The summed E-state index contributed by atoms with van der Waals surface area (Å²) in [6.45, 7) is 4.00. The summed E-state index contributed by atoms with van der Waals surface area (Å²) in [7, 11) is 1.58. The van der Waals surface area contributed by atoms with Gasteiger partial charge in [0.2, 0.25) is 0 Å². The number of aryl methyl sites for hydroxylation is 2. The monoisotopic (exact) mass is 231 g/mol. The number of rotatable bonds is 2. The molecule has 0 saturated carbocycles. The maximum absolute atomic E-state index is 11.4. The molecule has 0 aliphatic rings. The maximum atomic E-state index is 11.4. The summed E-state index contributed by atoms with van der Waals surface area (Å²) >= 11 is 0. The van der Waals surface area contributed by atoms with Gasteiger partial charge in [-0.05, 0) is 36.6 Å². The molecule has 0 aromatic heterocycles. The Morgan fingerprint density at radius 2 is 1.88 bits per heavy atom. The third-order valence-electron chi connectivity index (χ3n) is 2.44. The van der Waals surface area contributed by atoms with Crippen molar-refractivity contribution < 1.29 is 4.79 Å². The van der Waals surface area contributed by atoms with Crippen molar-refractivity contribution in [3.63, 3.8) is 0 Å². The summed E-state index contributed by atoms with van der Waals surface area (Å²) in [6.07, 6.45) is 3.20. The first kappa shape index (κ1) is 13.0. The molecule has 0 aliphatic carbocycles.